The molecule has 0 radical (unpaired) electrons. The van der Waals surface area contributed by atoms with Gasteiger partial charge in [-0.05, 0) is 12.5 Å². The minimum atomic E-state index is 0. The van der Waals surface area contributed by atoms with Gasteiger partial charge in [-0.25, -0.2) is 0 Å². The van der Waals surface area contributed by atoms with Crippen LogP contribution in [0.1, 0.15) is 17.5 Å². The maximum atomic E-state index is 11.8. The van der Waals surface area contributed by atoms with Gasteiger partial charge in [-0.2, -0.15) is 11.8 Å². The van der Waals surface area contributed by atoms with Crippen LogP contribution in [-0.4, -0.2) is 30.0 Å². The van der Waals surface area contributed by atoms with E-state index in [4.69, 9.17) is 0 Å². The Morgan fingerprint density at radius 3 is 2.79 bits per heavy atom. The third-order valence-corrected chi connectivity index (χ3v) is 4.17. The fourth-order valence-corrected chi connectivity index (χ4v) is 2.90. The summed E-state index contributed by atoms with van der Waals surface area (Å²) in [6.07, 6.45) is 0.582. The highest BCUT2D eigenvalue weighted by Gasteiger charge is 2.16. The molecule has 0 bridgehead atoms. The third-order valence-electron chi connectivity index (χ3n) is 3.04. The topological polar surface area (TPSA) is 41.1 Å². The van der Waals surface area contributed by atoms with Crippen molar-refractivity contribution in [2.75, 3.05) is 18.1 Å². The van der Waals surface area contributed by atoms with E-state index in [0.29, 0.717) is 19.0 Å². The lowest BCUT2D eigenvalue weighted by Crippen LogP contribution is -2.41. The number of rotatable bonds is 4. The number of nitrogens with one attached hydrogen (secondary N) is 2. The number of benzene rings is 1. The lowest BCUT2D eigenvalue weighted by atomic mass is 10.1. The zero-order valence-corrected chi connectivity index (χ0v) is 12.8. The number of aryl methyl sites for hydroxylation is 1. The van der Waals surface area contributed by atoms with Crippen molar-refractivity contribution in [1.29, 1.82) is 0 Å². The molecule has 0 spiro atoms. The Kier molecular flexibility index (Phi) is 7.28. The lowest BCUT2D eigenvalue weighted by molar-refractivity contribution is -0.121. The van der Waals surface area contributed by atoms with Crippen LogP contribution in [0.3, 0.4) is 0 Å². The summed E-state index contributed by atoms with van der Waals surface area (Å²) in [5.41, 5.74) is 2.40. The average Bonchev–Trinajstić information content (AvgIpc) is 2.39. The minimum Gasteiger partial charge on any atom is -0.352 e. The number of thioether (sulfide) groups is 1. The fraction of sp³-hybridized carbons (Fsp3) is 0.500. The first-order valence-electron chi connectivity index (χ1n) is 6.37. The van der Waals surface area contributed by atoms with Gasteiger partial charge in [0.2, 0.25) is 5.91 Å². The van der Waals surface area contributed by atoms with E-state index in [1.54, 1.807) is 0 Å². The van der Waals surface area contributed by atoms with Crippen LogP contribution in [0.2, 0.25) is 0 Å². The lowest BCUT2D eigenvalue weighted by Gasteiger charge is -2.22. The van der Waals surface area contributed by atoms with Crippen LogP contribution in [0.25, 0.3) is 0 Å². The maximum Gasteiger partial charge on any atom is 0.221 e. The zero-order chi connectivity index (χ0) is 12.8. The Bertz CT molecular complexity index is 391. The van der Waals surface area contributed by atoms with Gasteiger partial charge in [-0.15, -0.1) is 12.4 Å². The Morgan fingerprint density at radius 2 is 2.16 bits per heavy atom. The van der Waals surface area contributed by atoms with Crippen molar-refractivity contribution in [3.63, 3.8) is 0 Å². The molecule has 0 aromatic heterocycles. The van der Waals surface area contributed by atoms with Gasteiger partial charge in [0.15, 0.2) is 0 Å². The van der Waals surface area contributed by atoms with Gasteiger partial charge >= 0.3 is 0 Å². The zero-order valence-electron chi connectivity index (χ0n) is 11.1. The Labute approximate surface area is 125 Å². The third kappa shape index (κ3) is 5.85. The van der Waals surface area contributed by atoms with Crippen molar-refractivity contribution in [3.05, 3.63) is 35.4 Å². The molecule has 1 unspecified atom stereocenters. The van der Waals surface area contributed by atoms with Gasteiger partial charge in [-0.1, -0.05) is 29.8 Å². The first-order valence-corrected chi connectivity index (χ1v) is 7.53. The molecular formula is C14H21ClN2OS. The summed E-state index contributed by atoms with van der Waals surface area (Å²) in [5, 5.41) is 6.35. The molecule has 2 rings (SSSR count). The predicted octanol–water partition coefficient (Wildman–Crippen LogP) is 2.13. The molecule has 1 heterocycles. The number of carbonyl (C=O) groups excluding carboxylic acids is 1. The molecule has 19 heavy (non-hydrogen) atoms. The molecule has 1 saturated heterocycles. The highest BCUT2D eigenvalue weighted by atomic mass is 35.5. The Hall–Kier alpha value is -0.710. The Morgan fingerprint density at radius 1 is 1.42 bits per heavy atom. The average molecular weight is 301 g/mol. The van der Waals surface area contributed by atoms with Crippen LogP contribution in [0, 0.1) is 6.92 Å². The largest absolute Gasteiger partial charge is 0.352 e. The standard InChI is InChI=1S/C14H20N2OS.ClH/c1-11-2-4-12(5-3-11)9-16-14(17)8-13-10-18-7-6-15-13;/h2-5,13,15H,6-10H2,1H3,(H,16,17);1H. The molecule has 1 aromatic rings. The van der Waals surface area contributed by atoms with E-state index in [0.717, 1.165) is 23.6 Å². The molecule has 1 fully saturated rings. The second-order valence-corrected chi connectivity index (χ2v) is 5.84. The summed E-state index contributed by atoms with van der Waals surface area (Å²) in [7, 11) is 0. The van der Waals surface area contributed by atoms with Crippen molar-refractivity contribution in [3.8, 4) is 0 Å². The maximum absolute atomic E-state index is 11.8. The number of hydrogen-bond donors (Lipinski definition) is 2. The molecule has 3 nitrogen and oxygen atoms in total. The number of carbonyl (C=O) groups is 1. The van der Waals surface area contributed by atoms with E-state index in [9.17, 15) is 4.79 Å². The number of hydrogen-bond acceptors (Lipinski definition) is 3. The molecule has 1 atom stereocenters. The van der Waals surface area contributed by atoms with Crippen LogP contribution < -0.4 is 10.6 Å². The quantitative estimate of drug-likeness (QED) is 0.895. The van der Waals surface area contributed by atoms with Crippen LogP contribution >= 0.6 is 24.2 Å². The second-order valence-electron chi connectivity index (χ2n) is 4.69. The molecule has 0 aliphatic carbocycles. The number of halogens is 1. The molecule has 5 heteroatoms. The van der Waals surface area contributed by atoms with E-state index >= 15 is 0 Å². The van der Waals surface area contributed by atoms with Crippen molar-refractivity contribution in [1.82, 2.24) is 10.6 Å². The van der Waals surface area contributed by atoms with E-state index in [-0.39, 0.29) is 18.3 Å². The van der Waals surface area contributed by atoms with Crippen molar-refractivity contribution in [2.45, 2.75) is 25.9 Å². The fourth-order valence-electron chi connectivity index (χ4n) is 1.95. The summed E-state index contributed by atoms with van der Waals surface area (Å²) in [5.74, 6) is 2.33. The van der Waals surface area contributed by atoms with Crippen LogP contribution in [0.4, 0.5) is 0 Å². The smallest absolute Gasteiger partial charge is 0.221 e. The highest BCUT2D eigenvalue weighted by molar-refractivity contribution is 7.99. The van der Waals surface area contributed by atoms with Gasteiger partial charge < -0.3 is 10.6 Å². The van der Waals surface area contributed by atoms with Gasteiger partial charge in [0.05, 0.1) is 0 Å². The molecule has 2 N–H and O–H groups in total. The van der Waals surface area contributed by atoms with Crippen LogP contribution in [0.5, 0.6) is 0 Å². The number of amides is 1. The normalized spacial score (nSPS) is 18.5. The summed E-state index contributed by atoms with van der Waals surface area (Å²) in [6.45, 7) is 3.70. The summed E-state index contributed by atoms with van der Waals surface area (Å²) in [6, 6.07) is 8.60. The molecular weight excluding hydrogens is 280 g/mol. The highest BCUT2D eigenvalue weighted by Crippen LogP contribution is 2.10. The van der Waals surface area contributed by atoms with Crippen molar-refractivity contribution >= 4 is 30.1 Å². The Balaban J connectivity index is 0.00000180. The first-order chi connectivity index (χ1) is 8.74. The molecule has 0 saturated carbocycles. The van der Waals surface area contributed by atoms with Crippen LogP contribution in [-0.2, 0) is 11.3 Å². The predicted molar refractivity (Wildman–Crippen MR) is 84.0 cm³/mol. The van der Waals surface area contributed by atoms with Gasteiger partial charge in [-0.3, -0.25) is 4.79 Å². The van der Waals surface area contributed by atoms with Crippen molar-refractivity contribution < 1.29 is 4.79 Å². The molecule has 1 aliphatic rings. The summed E-state index contributed by atoms with van der Waals surface area (Å²) >= 11 is 1.92. The molecule has 1 aliphatic heterocycles. The molecule has 106 valence electrons. The first kappa shape index (κ1) is 16.3. The molecule has 1 amide bonds. The van der Waals surface area contributed by atoms with Crippen molar-refractivity contribution in [2.24, 2.45) is 0 Å². The summed E-state index contributed by atoms with van der Waals surface area (Å²) in [4.78, 5) is 11.8. The van der Waals surface area contributed by atoms with Gasteiger partial charge in [0.25, 0.3) is 0 Å². The van der Waals surface area contributed by atoms with E-state index in [1.165, 1.54) is 5.56 Å². The SMILES string of the molecule is Cc1ccc(CNC(=O)CC2CSCCN2)cc1.Cl. The minimum absolute atomic E-state index is 0. The molecule has 1 aromatic carbocycles. The van der Waals surface area contributed by atoms with E-state index in [2.05, 4.69) is 41.8 Å². The van der Waals surface area contributed by atoms with E-state index in [1.807, 2.05) is 11.8 Å². The summed E-state index contributed by atoms with van der Waals surface area (Å²) < 4.78 is 0. The van der Waals surface area contributed by atoms with Crippen LogP contribution in [0.15, 0.2) is 24.3 Å². The monoisotopic (exact) mass is 300 g/mol. The second kappa shape index (κ2) is 8.46. The van der Waals surface area contributed by atoms with E-state index < -0.39 is 0 Å². The van der Waals surface area contributed by atoms with Gasteiger partial charge in [0.1, 0.15) is 0 Å². The van der Waals surface area contributed by atoms with Gasteiger partial charge in [0, 0.05) is 37.1 Å².